The first-order chi connectivity index (χ1) is 14.8. The molecule has 0 atom stereocenters. The van der Waals surface area contributed by atoms with E-state index in [1.54, 1.807) is 17.0 Å². The minimum absolute atomic E-state index is 0.0530. The van der Waals surface area contributed by atoms with Crippen LogP contribution in [0.15, 0.2) is 28.5 Å². The quantitative estimate of drug-likeness (QED) is 0.684. The molecule has 1 N–H and O–H groups in total. The summed E-state index contributed by atoms with van der Waals surface area (Å²) in [5.41, 5.74) is 2.01. The Hall–Kier alpha value is -2.39. The minimum atomic E-state index is -4.00. The highest BCUT2D eigenvalue weighted by Crippen LogP contribution is 2.38. The number of nitrogens with one attached hydrogen (secondary N) is 1. The summed E-state index contributed by atoms with van der Waals surface area (Å²) in [6.45, 7) is 2.62. The van der Waals surface area contributed by atoms with E-state index in [9.17, 15) is 18.0 Å². The lowest BCUT2D eigenvalue weighted by atomic mass is 10.0. The van der Waals surface area contributed by atoms with Crippen LogP contribution in [0.3, 0.4) is 0 Å². The van der Waals surface area contributed by atoms with Crippen molar-refractivity contribution in [3.05, 3.63) is 45.8 Å². The molecule has 9 heteroatoms. The molecule has 1 aromatic heterocycles. The summed E-state index contributed by atoms with van der Waals surface area (Å²) < 4.78 is 34.0. The van der Waals surface area contributed by atoms with Crippen LogP contribution < -0.4 is 4.72 Å². The number of thiophene rings is 1. The molecule has 2 heterocycles. The summed E-state index contributed by atoms with van der Waals surface area (Å²) in [4.78, 5) is 28.0. The zero-order chi connectivity index (χ0) is 22.2. The molecule has 0 saturated heterocycles. The number of fused-ring (bicyclic) bond motifs is 1. The van der Waals surface area contributed by atoms with Gasteiger partial charge < -0.3 is 9.64 Å². The van der Waals surface area contributed by atoms with Gasteiger partial charge in [0.1, 0.15) is 0 Å². The molecule has 0 bridgehead atoms. The predicted molar refractivity (Wildman–Crippen MR) is 119 cm³/mol. The van der Waals surface area contributed by atoms with E-state index in [2.05, 4.69) is 4.72 Å². The monoisotopic (exact) mass is 462 g/mol. The molecule has 31 heavy (non-hydrogen) atoms. The van der Waals surface area contributed by atoms with E-state index in [0.717, 1.165) is 47.5 Å². The largest absolute Gasteiger partial charge is 0.465 e. The number of carbonyl (C=O) groups excluding carboxylic acids is 2. The number of para-hydroxylation sites is 1. The average Bonchev–Trinajstić information content (AvgIpc) is 3.42. The first-order valence-electron chi connectivity index (χ1n) is 10.4. The van der Waals surface area contributed by atoms with E-state index >= 15 is 0 Å². The maximum Gasteiger partial charge on any atom is 0.340 e. The number of aryl methyl sites for hydroxylation is 1. The number of nitrogens with zero attached hydrogens (tertiary/aromatic N) is 1. The fourth-order valence-electron chi connectivity index (χ4n) is 4.37. The molecule has 7 nitrogen and oxygen atoms in total. The molecule has 1 aromatic carbocycles. The molecular weight excluding hydrogens is 436 g/mol. The van der Waals surface area contributed by atoms with Crippen molar-refractivity contribution in [2.75, 3.05) is 18.4 Å². The number of hydrogen-bond acceptors (Lipinski definition) is 6. The number of methoxy groups -OCH3 is 1. The summed E-state index contributed by atoms with van der Waals surface area (Å²) in [7, 11) is -2.76. The summed E-state index contributed by atoms with van der Waals surface area (Å²) in [6.07, 6.45) is 4.43. The third kappa shape index (κ3) is 4.21. The van der Waals surface area contributed by atoms with E-state index in [0.29, 0.717) is 30.8 Å². The molecule has 0 unspecified atom stereocenters. The molecule has 1 aliphatic carbocycles. The molecule has 166 valence electrons. The summed E-state index contributed by atoms with van der Waals surface area (Å²) in [5, 5.41) is 0. The van der Waals surface area contributed by atoms with Gasteiger partial charge in [0, 0.05) is 17.3 Å². The van der Waals surface area contributed by atoms with Gasteiger partial charge in [0.25, 0.3) is 10.0 Å². The molecule has 1 aliphatic heterocycles. The van der Waals surface area contributed by atoms with Crippen LogP contribution in [0.4, 0.5) is 5.69 Å². The van der Waals surface area contributed by atoms with Crippen molar-refractivity contribution in [3.63, 3.8) is 0 Å². The van der Waals surface area contributed by atoms with Crippen molar-refractivity contribution in [3.8, 4) is 0 Å². The van der Waals surface area contributed by atoms with Crippen LogP contribution in [0.2, 0.25) is 0 Å². The maximum atomic E-state index is 13.2. The van der Waals surface area contributed by atoms with E-state index in [-0.39, 0.29) is 21.6 Å². The molecule has 1 saturated carbocycles. The van der Waals surface area contributed by atoms with Crippen LogP contribution in [0.5, 0.6) is 0 Å². The highest BCUT2D eigenvalue weighted by Gasteiger charge is 2.36. The Morgan fingerprint density at radius 1 is 1.19 bits per heavy atom. The van der Waals surface area contributed by atoms with Crippen LogP contribution >= 0.6 is 11.3 Å². The van der Waals surface area contributed by atoms with Crippen molar-refractivity contribution in [2.24, 2.45) is 5.92 Å². The first kappa shape index (κ1) is 21.8. The fraction of sp³-hybridized carbons (Fsp3) is 0.455. The minimum Gasteiger partial charge on any atom is -0.465 e. The Morgan fingerprint density at radius 2 is 1.90 bits per heavy atom. The van der Waals surface area contributed by atoms with Gasteiger partial charge in [0.05, 0.1) is 24.9 Å². The Balaban J connectivity index is 1.68. The predicted octanol–water partition coefficient (Wildman–Crippen LogP) is 3.72. The zero-order valence-electron chi connectivity index (χ0n) is 17.6. The standard InChI is InChI=1S/C22H26N2O5S2/c1-14-7-3-6-10-17(14)23-31(27,28)22-19(21(26)29-2)16-11-12-24(13-18(16)30-22)20(25)15-8-4-5-9-15/h3,6-7,10,15,23H,4-5,8-9,11-13H2,1-2H3. The third-order valence-corrected chi connectivity index (χ3v) is 9.16. The van der Waals surface area contributed by atoms with Crippen molar-refractivity contribution in [1.29, 1.82) is 0 Å². The van der Waals surface area contributed by atoms with E-state index < -0.39 is 16.0 Å². The van der Waals surface area contributed by atoms with Gasteiger partial charge >= 0.3 is 5.97 Å². The topological polar surface area (TPSA) is 92.8 Å². The number of esters is 1. The Kier molecular flexibility index (Phi) is 6.07. The summed E-state index contributed by atoms with van der Waals surface area (Å²) in [6, 6.07) is 7.07. The maximum absolute atomic E-state index is 13.2. The SMILES string of the molecule is COC(=O)c1c(S(=O)(=O)Nc2ccccc2C)sc2c1CCN(C(=O)C1CCCC1)C2. The highest BCUT2D eigenvalue weighted by molar-refractivity contribution is 7.94. The van der Waals surface area contributed by atoms with Crippen LogP contribution in [0.1, 0.15) is 52.0 Å². The second-order valence-electron chi connectivity index (χ2n) is 8.07. The van der Waals surface area contributed by atoms with Gasteiger partial charge in [-0.25, -0.2) is 13.2 Å². The lowest BCUT2D eigenvalue weighted by Crippen LogP contribution is -2.39. The van der Waals surface area contributed by atoms with Crippen LogP contribution in [0, 0.1) is 12.8 Å². The Bertz CT molecular complexity index is 1120. The van der Waals surface area contributed by atoms with Crippen molar-refractivity contribution in [1.82, 2.24) is 4.90 Å². The molecule has 2 aliphatic rings. The second kappa shape index (κ2) is 8.63. The molecule has 1 fully saturated rings. The van der Waals surface area contributed by atoms with E-state index in [1.165, 1.54) is 7.11 Å². The number of ether oxygens (including phenoxy) is 1. The molecule has 2 aromatic rings. The normalized spacial score (nSPS) is 16.8. The Labute approximate surface area is 186 Å². The van der Waals surface area contributed by atoms with Gasteiger partial charge in [-0.3, -0.25) is 9.52 Å². The number of amides is 1. The lowest BCUT2D eigenvalue weighted by molar-refractivity contribution is -0.136. The van der Waals surface area contributed by atoms with Gasteiger partial charge in [-0.2, -0.15) is 0 Å². The smallest absolute Gasteiger partial charge is 0.340 e. The van der Waals surface area contributed by atoms with Crippen molar-refractivity contribution in [2.45, 2.75) is 49.8 Å². The van der Waals surface area contributed by atoms with Gasteiger partial charge in [0.15, 0.2) is 4.21 Å². The van der Waals surface area contributed by atoms with Gasteiger partial charge in [-0.05, 0) is 43.4 Å². The number of benzene rings is 1. The first-order valence-corrected chi connectivity index (χ1v) is 12.7. The van der Waals surface area contributed by atoms with Crippen LogP contribution in [0.25, 0.3) is 0 Å². The van der Waals surface area contributed by atoms with Crippen molar-refractivity contribution >= 4 is 38.9 Å². The van der Waals surface area contributed by atoms with Crippen LogP contribution in [-0.2, 0) is 32.5 Å². The van der Waals surface area contributed by atoms with Gasteiger partial charge in [-0.15, -0.1) is 11.3 Å². The lowest BCUT2D eigenvalue weighted by Gasteiger charge is -2.29. The summed E-state index contributed by atoms with van der Waals surface area (Å²) in [5.74, 6) is -0.468. The highest BCUT2D eigenvalue weighted by atomic mass is 32.2. The zero-order valence-corrected chi connectivity index (χ0v) is 19.3. The van der Waals surface area contributed by atoms with E-state index in [1.807, 2.05) is 19.1 Å². The molecule has 0 radical (unpaired) electrons. The summed E-state index contributed by atoms with van der Waals surface area (Å²) >= 11 is 1.06. The number of hydrogen-bond donors (Lipinski definition) is 1. The van der Waals surface area contributed by atoms with Gasteiger partial charge in [0.2, 0.25) is 5.91 Å². The second-order valence-corrected chi connectivity index (χ2v) is 11.1. The number of anilines is 1. The Morgan fingerprint density at radius 3 is 2.58 bits per heavy atom. The number of carbonyl (C=O) groups is 2. The van der Waals surface area contributed by atoms with Crippen LogP contribution in [-0.4, -0.2) is 38.8 Å². The number of rotatable bonds is 5. The van der Waals surface area contributed by atoms with Crippen molar-refractivity contribution < 1.29 is 22.7 Å². The molecule has 4 rings (SSSR count). The fourth-order valence-corrected chi connectivity index (χ4v) is 7.41. The third-order valence-electron chi connectivity index (χ3n) is 6.06. The molecule has 0 spiro atoms. The van der Waals surface area contributed by atoms with Gasteiger partial charge in [-0.1, -0.05) is 31.0 Å². The average molecular weight is 463 g/mol. The number of sulfonamides is 1. The molecular formula is C22H26N2O5S2. The van der Waals surface area contributed by atoms with E-state index in [4.69, 9.17) is 4.74 Å². The molecule has 1 amide bonds.